The number of aliphatic hydroxyl groups excluding tert-OH is 1. The highest BCUT2D eigenvalue weighted by Crippen LogP contribution is 2.27. The monoisotopic (exact) mass is 485 g/mol. The summed E-state index contributed by atoms with van der Waals surface area (Å²) in [5.41, 5.74) is 9.61. The largest absolute Gasteiger partial charge is 0.491 e. The number of rotatable bonds is 6. The van der Waals surface area contributed by atoms with Crippen molar-refractivity contribution in [1.29, 1.82) is 0 Å². The van der Waals surface area contributed by atoms with Gasteiger partial charge in [0.25, 0.3) is 0 Å². The lowest BCUT2D eigenvalue weighted by atomic mass is 9.90. The van der Waals surface area contributed by atoms with Gasteiger partial charge in [0.05, 0.1) is 6.54 Å². The number of benzene rings is 2. The van der Waals surface area contributed by atoms with Gasteiger partial charge >= 0.3 is 0 Å². The van der Waals surface area contributed by atoms with Gasteiger partial charge in [-0.3, -0.25) is 4.99 Å². The number of guanidine groups is 1. The topological polar surface area (TPSA) is 79.9 Å². The SMILES string of the molecule is I.NC(=NCC(O)COc1ccc(F)cc1)Nc1cccc2c1CCCC2. The second-order valence-electron chi connectivity index (χ2n) is 6.42. The van der Waals surface area contributed by atoms with E-state index >= 15 is 0 Å². The molecule has 0 radical (unpaired) electrons. The van der Waals surface area contributed by atoms with Crippen molar-refractivity contribution in [3.8, 4) is 5.75 Å². The van der Waals surface area contributed by atoms with Crippen LogP contribution in [-0.4, -0.2) is 30.3 Å². The fourth-order valence-electron chi connectivity index (χ4n) is 3.06. The van der Waals surface area contributed by atoms with Crippen LogP contribution >= 0.6 is 24.0 Å². The molecule has 5 nitrogen and oxygen atoms in total. The van der Waals surface area contributed by atoms with Crippen molar-refractivity contribution in [3.05, 3.63) is 59.4 Å². The number of aliphatic hydroxyl groups is 1. The molecule has 0 amide bonds. The third kappa shape index (κ3) is 6.35. The average molecular weight is 485 g/mol. The zero-order valence-electron chi connectivity index (χ0n) is 15.0. The molecule has 1 atom stereocenters. The Labute approximate surface area is 175 Å². The Bertz CT molecular complexity index is 768. The zero-order chi connectivity index (χ0) is 18.4. The fourth-order valence-corrected chi connectivity index (χ4v) is 3.06. The Morgan fingerprint density at radius 2 is 1.93 bits per heavy atom. The van der Waals surface area contributed by atoms with Gasteiger partial charge in [-0.15, -0.1) is 24.0 Å². The summed E-state index contributed by atoms with van der Waals surface area (Å²) in [7, 11) is 0. The summed E-state index contributed by atoms with van der Waals surface area (Å²) in [5, 5.41) is 13.1. The summed E-state index contributed by atoms with van der Waals surface area (Å²) < 4.78 is 18.2. The third-order valence-corrected chi connectivity index (χ3v) is 4.39. The van der Waals surface area contributed by atoms with Crippen molar-refractivity contribution < 1.29 is 14.2 Å². The van der Waals surface area contributed by atoms with Crippen LogP contribution in [0.4, 0.5) is 10.1 Å². The summed E-state index contributed by atoms with van der Waals surface area (Å²) >= 11 is 0. The molecule has 2 aromatic rings. The Hall–Kier alpha value is -1.87. The lowest BCUT2D eigenvalue weighted by Crippen LogP contribution is -2.27. The van der Waals surface area contributed by atoms with Crippen molar-refractivity contribution in [1.82, 2.24) is 0 Å². The van der Waals surface area contributed by atoms with Crippen molar-refractivity contribution in [2.24, 2.45) is 10.7 Å². The van der Waals surface area contributed by atoms with E-state index in [1.807, 2.05) is 12.1 Å². The molecule has 3 rings (SSSR count). The maximum Gasteiger partial charge on any atom is 0.193 e. The Balaban J connectivity index is 0.00000261. The molecular weight excluding hydrogens is 460 g/mol. The Kier molecular flexibility index (Phi) is 8.30. The first kappa shape index (κ1) is 21.4. The second-order valence-corrected chi connectivity index (χ2v) is 6.42. The standard InChI is InChI=1S/C20H24FN3O2.HI/c21-15-8-10-17(11-9-15)26-13-16(25)12-23-20(22)24-19-7-3-5-14-4-1-2-6-18(14)19;/h3,5,7-11,16,25H,1-2,4,6,12-13H2,(H3,22,23,24);1H. The lowest BCUT2D eigenvalue weighted by Gasteiger charge is -2.20. The lowest BCUT2D eigenvalue weighted by molar-refractivity contribution is 0.114. The first-order chi connectivity index (χ1) is 12.6. The summed E-state index contributed by atoms with van der Waals surface area (Å²) in [4.78, 5) is 4.19. The van der Waals surface area contributed by atoms with Crippen LogP contribution in [0.25, 0.3) is 0 Å². The molecule has 27 heavy (non-hydrogen) atoms. The van der Waals surface area contributed by atoms with Gasteiger partial charge in [-0.2, -0.15) is 0 Å². The minimum Gasteiger partial charge on any atom is -0.491 e. The highest BCUT2D eigenvalue weighted by atomic mass is 127. The summed E-state index contributed by atoms with van der Waals surface area (Å²) in [6, 6.07) is 11.8. The smallest absolute Gasteiger partial charge is 0.193 e. The van der Waals surface area contributed by atoms with Crippen LogP contribution in [-0.2, 0) is 12.8 Å². The molecule has 146 valence electrons. The fraction of sp³-hybridized carbons (Fsp3) is 0.350. The van der Waals surface area contributed by atoms with E-state index in [0.29, 0.717) is 5.75 Å². The number of nitrogens with one attached hydrogen (secondary N) is 1. The van der Waals surface area contributed by atoms with Crippen molar-refractivity contribution in [2.75, 3.05) is 18.5 Å². The number of fused-ring (bicyclic) bond motifs is 1. The van der Waals surface area contributed by atoms with Gasteiger partial charge in [-0.1, -0.05) is 12.1 Å². The molecule has 0 aromatic heterocycles. The van der Waals surface area contributed by atoms with Crippen LogP contribution < -0.4 is 15.8 Å². The first-order valence-corrected chi connectivity index (χ1v) is 8.86. The van der Waals surface area contributed by atoms with E-state index in [1.54, 1.807) is 0 Å². The van der Waals surface area contributed by atoms with E-state index in [0.717, 1.165) is 18.5 Å². The van der Waals surface area contributed by atoms with Crippen molar-refractivity contribution in [2.45, 2.75) is 31.8 Å². The van der Waals surface area contributed by atoms with Gasteiger partial charge in [0.1, 0.15) is 24.3 Å². The number of nitrogens with two attached hydrogens (primary N) is 1. The van der Waals surface area contributed by atoms with E-state index in [1.165, 1.54) is 48.2 Å². The van der Waals surface area contributed by atoms with Gasteiger partial charge in [0.15, 0.2) is 5.96 Å². The number of aryl methyl sites for hydroxylation is 1. The van der Waals surface area contributed by atoms with Gasteiger partial charge in [-0.25, -0.2) is 4.39 Å². The molecule has 0 bridgehead atoms. The maximum atomic E-state index is 12.8. The molecule has 0 saturated carbocycles. The molecule has 4 N–H and O–H groups in total. The predicted octanol–water partition coefficient (Wildman–Crippen LogP) is 3.49. The van der Waals surface area contributed by atoms with Crippen LogP contribution in [0.5, 0.6) is 5.75 Å². The van der Waals surface area contributed by atoms with Crippen molar-refractivity contribution in [3.63, 3.8) is 0 Å². The highest BCUT2D eigenvalue weighted by molar-refractivity contribution is 14.0. The molecule has 1 aliphatic rings. The summed E-state index contributed by atoms with van der Waals surface area (Å²) in [5.74, 6) is 0.436. The third-order valence-electron chi connectivity index (χ3n) is 4.39. The number of hydrogen-bond donors (Lipinski definition) is 3. The molecule has 0 fully saturated rings. The van der Waals surface area contributed by atoms with Gasteiger partial charge in [0, 0.05) is 5.69 Å². The first-order valence-electron chi connectivity index (χ1n) is 8.86. The van der Waals surface area contributed by atoms with Gasteiger partial charge in [0.2, 0.25) is 0 Å². The zero-order valence-corrected chi connectivity index (χ0v) is 17.4. The van der Waals surface area contributed by atoms with Crippen LogP contribution in [0.15, 0.2) is 47.5 Å². The molecular formula is C20H25FIN3O2. The molecule has 0 spiro atoms. The molecule has 0 saturated heterocycles. The quantitative estimate of drug-likeness (QED) is 0.333. The van der Waals surface area contributed by atoms with Crippen LogP contribution in [0.2, 0.25) is 0 Å². The van der Waals surface area contributed by atoms with Gasteiger partial charge < -0.3 is 20.9 Å². The van der Waals surface area contributed by atoms with Crippen LogP contribution in [0.3, 0.4) is 0 Å². The second kappa shape index (κ2) is 10.5. The molecule has 1 unspecified atom stereocenters. The van der Waals surface area contributed by atoms with E-state index in [4.69, 9.17) is 10.5 Å². The Morgan fingerprint density at radius 3 is 2.70 bits per heavy atom. The average Bonchev–Trinajstić information content (AvgIpc) is 2.66. The van der Waals surface area contributed by atoms with E-state index < -0.39 is 6.10 Å². The Morgan fingerprint density at radius 1 is 1.19 bits per heavy atom. The predicted molar refractivity (Wildman–Crippen MR) is 117 cm³/mol. The normalized spacial score (nSPS) is 14.7. The number of anilines is 1. The number of ether oxygens (including phenoxy) is 1. The van der Waals surface area contributed by atoms with E-state index in [-0.39, 0.29) is 48.9 Å². The van der Waals surface area contributed by atoms with Crippen molar-refractivity contribution >= 4 is 35.6 Å². The minimum atomic E-state index is -0.801. The highest BCUT2D eigenvalue weighted by Gasteiger charge is 2.13. The maximum absolute atomic E-state index is 12.8. The van der Waals surface area contributed by atoms with Gasteiger partial charge in [-0.05, 0) is 67.1 Å². The number of halogens is 2. The van der Waals surface area contributed by atoms with Crippen LogP contribution in [0, 0.1) is 5.82 Å². The number of hydrogen-bond acceptors (Lipinski definition) is 3. The van der Waals surface area contributed by atoms with E-state index in [9.17, 15) is 9.50 Å². The summed E-state index contributed by atoms with van der Waals surface area (Å²) in [6.07, 6.45) is 3.74. The van der Waals surface area contributed by atoms with Crippen LogP contribution in [0.1, 0.15) is 24.0 Å². The molecule has 0 aliphatic heterocycles. The summed E-state index contributed by atoms with van der Waals surface area (Å²) in [6.45, 7) is 0.179. The van der Waals surface area contributed by atoms with E-state index in [2.05, 4.69) is 16.4 Å². The number of nitrogens with zero attached hydrogens (tertiary/aromatic N) is 1. The molecule has 2 aromatic carbocycles. The number of aliphatic imine (C=N–C) groups is 1. The molecule has 0 heterocycles. The minimum absolute atomic E-state index is 0. The molecule has 7 heteroatoms. The molecule has 1 aliphatic carbocycles.